The summed E-state index contributed by atoms with van der Waals surface area (Å²) in [5.74, 6) is 0. The van der Waals surface area contributed by atoms with Crippen molar-refractivity contribution in [3.63, 3.8) is 0 Å². The van der Waals surface area contributed by atoms with E-state index in [4.69, 9.17) is 0 Å². The van der Waals surface area contributed by atoms with Crippen LogP contribution in [0.25, 0.3) is 29.1 Å². The summed E-state index contributed by atoms with van der Waals surface area (Å²) in [4.78, 5) is 0. The maximum absolute atomic E-state index is 11.5. The van der Waals surface area contributed by atoms with Gasteiger partial charge in [-0.2, -0.15) is 0 Å². The molecule has 0 bridgehead atoms. The summed E-state index contributed by atoms with van der Waals surface area (Å²) >= 11 is 0. The molecule has 3 heteroatoms. The van der Waals surface area contributed by atoms with Crippen molar-refractivity contribution in [3.05, 3.63) is 114 Å². The number of hydrogen-bond donors (Lipinski definition) is 0. The molecule has 0 radical (unpaired) electrons. The molecule has 1 aliphatic rings. The van der Waals surface area contributed by atoms with Crippen molar-refractivity contribution in [2.75, 3.05) is 0 Å². The summed E-state index contributed by atoms with van der Waals surface area (Å²) in [7, 11) is 0. The first kappa shape index (κ1) is 33.5. The molecule has 3 rings (SSSR count). The SMILES string of the molecule is CC=Cc1cc(C=CC)cc(C2=C(CCCCC)C=C(c3cc(CC)cc(CC)c3)[N+]2=[N-])c1.[CH3-].[CH3-].[Ni+2]. The second-order valence-corrected chi connectivity index (χ2v) is 8.81. The molecule has 196 valence electrons. The summed E-state index contributed by atoms with van der Waals surface area (Å²) in [6.07, 6.45) is 17.0. The molecule has 0 N–H and O–H groups in total. The number of allylic oxidation sites excluding steroid dienone is 4. The molecule has 36 heavy (non-hydrogen) atoms. The summed E-state index contributed by atoms with van der Waals surface area (Å²) in [6, 6.07) is 13.3. The fourth-order valence-electron chi connectivity index (χ4n) is 4.53. The molecule has 1 aliphatic heterocycles. The van der Waals surface area contributed by atoms with Gasteiger partial charge in [-0.3, -0.25) is 0 Å². The predicted octanol–water partition coefficient (Wildman–Crippen LogP) is 10.2. The Kier molecular flexibility index (Phi) is 15.1. The van der Waals surface area contributed by atoms with E-state index < -0.39 is 0 Å². The van der Waals surface area contributed by atoms with Crippen LogP contribution < -0.4 is 0 Å². The second-order valence-electron chi connectivity index (χ2n) is 8.81. The minimum absolute atomic E-state index is 0. The van der Waals surface area contributed by atoms with Crippen LogP contribution in [0.4, 0.5) is 0 Å². The van der Waals surface area contributed by atoms with Crippen molar-refractivity contribution in [3.8, 4) is 0 Å². The largest absolute Gasteiger partial charge is 2.00 e. The van der Waals surface area contributed by atoms with E-state index in [1.165, 1.54) is 34.2 Å². The molecule has 0 atom stereocenters. The molecule has 0 saturated carbocycles. The van der Waals surface area contributed by atoms with Crippen molar-refractivity contribution in [2.45, 2.75) is 73.1 Å². The van der Waals surface area contributed by atoms with Gasteiger partial charge in [0.1, 0.15) is 0 Å². The Balaban J connectivity index is 0.00000408. The number of rotatable bonds is 10. The van der Waals surface area contributed by atoms with E-state index in [0.717, 1.165) is 59.3 Å². The normalized spacial score (nSPS) is 13.0. The van der Waals surface area contributed by atoms with Crippen LogP contribution in [-0.2, 0) is 29.3 Å². The first-order valence-corrected chi connectivity index (χ1v) is 12.5. The van der Waals surface area contributed by atoms with Crippen LogP contribution in [-0.4, -0.2) is 4.70 Å². The smallest absolute Gasteiger partial charge is 0.493 e. The van der Waals surface area contributed by atoms with Gasteiger partial charge >= 0.3 is 16.5 Å². The third kappa shape index (κ3) is 8.00. The van der Waals surface area contributed by atoms with Crippen molar-refractivity contribution >= 4 is 23.5 Å². The minimum atomic E-state index is 0. The number of unbranched alkanes of at least 4 members (excludes halogenated alkanes) is 2. The Labute approximate surface area is 231 Å². The molecule has 2 aromatic rings. The first-order chi connectivity index (χ1) is 16.0. The number of aryl methyl sites for hydroxylation is 2. The van der Waals surface area contributed by atoms with Crippen molar-refractivity contribution in [1.29, 1.82) is 0 Å². The third-order valence-electron chi connectivity index (χ3n) is 6.24. The monoisotopic (exact) mass is 526 g/mol. The van der Waals surface area contributed by atoms with E-state index >= 15 is 0 Å². The van der Waals surface area contributed by atoms with Gasteiger partial charge < -0.3 is 20.4 Å². The van der Waals surface area contributed by atoms with Crippen LogP contribution in [0.3, 0.4) is 0 Å². The Hall–Kier alpha value is -2.51. The summed E-state index contributed by atoms with van der Waals surface area (Å²) in [6.45, 7) is 10.7. The van der Waals surface area contributed by atoms with E-state index in [1.807, 2.05) is 13.8 Å². The van der Waals surface area contributed by atoms with Crippen LogP contribution >= 0.6 is 0 Å². The first-order valence-electron chi connectivity index (χ1n) is 12.5. The van der Waals surface area contributed by atoms with Crippen LogP contribution in [0.15, 0.2) is 60.2 Å². The molecule has 2 aromatic carbocycles. The van der Waals surface area contributed by atoms with Crippen LogP contribution in [0.2, 0.25) is 0 Å². The topological polar surface area (TPSA) is 25.3 Å². The van der Waals surface area contributed by atoms with Crippen molar-refractivity contribution < 1.29 is 21.2 Å². The molecule has 0 spiro atoms. The maximum atomic E-state index is 11.5. The number of benzene rings is 2. The zero-order chi connectivity index (χ0) is 23.8. The molecule has 0 amide bonds. The fraction of sp³-hybridized carbons (Fsp3) is 0.333. The fourth-order valence-corrected chi connectivity index (χ4v) is 4.53. The molecule has 0 aromatic heterocycles. The Morgan fingerprint density at radius 1 is 0.750 bits per heavy atom. The number of hydrogen-bond acceptors (Lipinski definition) is 0. The van der Waals surface area contributed by atoms with Gasteiger partial charge in [0.25, 0.3) is 0 Å². The van der Waals surface area contributed by atoms with Crippen LogP contribution in [0, 0.1) is 14.9 Å². The van der Waals surface area contributed by atoms with Gasteiger partial charge in [-0.15, -0.1) is 0 Å². The molecule has 0 unspecified atom stereocenters. The van der Waals surface area contributed by atoms with Gasteiger partial charge in [0.15, 0.2) is 0 Å². The van der Waals surface area contributed by atoms with Crippen LogP contribution in [0.1, 0.15) is 93.7 Å². The molecule has 0 aliphatic carbocycles. The van der Waals surface area contributed by atoms with Gasteiger partial charge in [0.2, 0.25) is 11.4 Å². The van der Waals surface area contributed by atoms with E-state index in [9.17, 15) is 5.53 Å². The third-order valence-corrected chi connectivity index (χ3v) is 6.24. The van der Waals surface area contributed by atoms with E-state index in [1.54, 1.807) is 0 Å². The van der Waals surface area contributed by atoms with Gasteiger partial charge in [0.05, 0.1) is 0 Å². The van der Waals surface area contributed by atoms with Crippen molar-refractivity contribution in [2.24, 2.45) is 0 Å². The average molecular weight is 527 g/mol. The van der Waals surface area contributed by atoms with Gasteiger partial charge in [-0.25, -0.2) is 4.70 Å². The van der Waals surface area contributed by atoms with Gasteiger partial charge in [-0.1, -0.05) is 64.0 Å². The summed E-state index contributed by atoms with van der Waals surface area (Å²) < 4.78 is 1.43. The zero-order valence-electron chi connectivity index (χ0n) is 23.3. The quantitative estimate of drug-likeness (QED) is 0.127. The second kappa shape index (κ2) is 16.3. The Bertz CT molecular complexity index is 1080. The molecular weight excluding hydrogens is 483 g/mol. The molecule has 0 fully saturated rings. The average Bonchev–Trinajstić information content (AvgIpc) is 3.15. The van der Waals surface area contributed by atoms with Gasteiger partial charge in [-0.05, 0) is 92.1 Å². The minimum Gasteiger partial charge on any atom is -0.493 e. The molecule has 0 saturated heterocycles. The van der Waals surface area contributed by atoms with E-state index in [-0.39, 0.29) is 31.3 Å². The Morgan fingerprint density at radius 2 is 1.31 bits per heavy atom. The zero-order valence-corrected chi connectivity index (χ0v) is 24.3. The predicted molar refractivity (Wildman–Crippen MR) is 157 cm³/mol. The molecule has 1 heterocycles. The molecule has 2 nitrogen and oxygen atoms in total. The summed E-state index contributed by atoms with van der Waals surface area (Å²) in [5, 5.41) is 0. The molecular formula is C33H44N2Ni. The van der Waals surface area contributed by atoms with E-state index in [2.05, 4.69) is 87.5 Å². The Morgan fingerprint density at radius 3 is 1.78 bits per heavy atom. The maximum Gasteiger partial charge on any atom is 2.00 e. The standard InChI is InChI=1S/C31H38N2.2CH3.Ni/c1-6-11-12-15-27-22-30(28-18-23(9-4)16-24(10-5)19-28)33(32)31(27)29-20-25(13-7-2)17-26(21-29)14-8-3;;;/h7-8,13-14,16-22H,6,9-12,15H2,1-5H3;2*1H3;/q;2*-1;+2. The van der Waals surface area contributed by atoms with Crippen LogP contribution in [0.5, 0.6) is 0 Å². The van der Waals surface area contributed by atoms with E-state index in [0.29, 0.717) is 0 Å². The summed E-state index contributed by atoms with van der Waals surface area (Å²) in [5.41, 5.74) is 21.6. The van der Waals surface area contributed by atoms with Gasteiger partial charge in [0, 0.05) is 22.8 Å². The van der Waals surface area contributed by atoms with Crippen molar-refractivity contribution in [1.82, 2.24) is 0 Å². The number of nitrogens with zero attached hydrogens (tertiary/aromatic N) is 2.